The molecule has 0 saturated carbocycles. The van der Waals surface area contributed by atoms with E-state index in [2.05, 4.69) is 31.8 Å². The van der Waals surface area contributed by atoms with Crippen molar-refractivity contribution in [3.8, 4) is 0 Å². The summed E-state index contributed by atoms with van der Waals surface area (Å²) in [5.41, 5.74) is 2.38. The molecule has 2 fully saturated rings. The number of hydrogen-bond donors (Lipinski definition) is 0. The SMILES string of the molecule is CO[C@H]1CCN(Cc2nc(Br)ccc2N2CCOCC2)C1. The molecule has 0 spiro atoms. The third-order valence-corrected chi connectivity index (χ3v) is 4.65. The van der Waals surface area contributed by atoms with Crippen LogP contribution in [0.2, 0.25) is 0 Å². The molecule has 0 N–H and O–H groups in total. The lowest BCUT2D eigenvalue weighted by atomic mass is 10.2. The molecule has 0 radical (unpaired) electrons. The van der Waals surface area contributed by atoms with Gasteiger partial charge in [0, 0.05) is 39.8 Å². The highest BCUT2D eigenvalue weighted by molar-refractivity contribution is 9.10. The lowest BCUT2D eigenvalue weighted by Crippen LogP contribution is -2.37. The summed E-state index contributed by atoms with van der Waals surface area (Å²) in [7, 11) is 1.80. The van der Waals surface area contributed by atoms with Crippen LogP contribution in [0.1, 0.15) is 12.1 Å². The highest BCUT2D eigenvalue weighted by Crippen LogP contribution is 2.25. The van der Waals surface area contributed by atoms with Gasteiger partial charge >= 0.3 is 0 Å². The molecular formula is C15H22BrN3O2. The first-order valence-corrected chi connectivity index (χ1v) is 8.29. The Balaban J connectivity index is 1.75. The second kappa shape index (κ2) is 7.05. The molecule has 3 heterocycles. The summed E-state index contributed by atoms with van der Waals surface area (Å²) in [4.78, 5) is 9.52. The highest BCUT2D eigenvalue weighted by atomic mass is 79.9. The Hall–Kier alpha value is -0.690. The minimum Gasteiger partial charge on any atom is -0.380 e. The van der Waals surface area contributed by atoms with Crippen LogP contribution in [0.3, 0.4) is 0 Å². The van der Waals surface area contributed by atoms with Crippen LogP contribution < -0.4 is 4.90 Å². The zero-order chi connectivity index (χ0) is 14.7. The van der Waals surface area contributed by atoms with Crippen LogP contribution in [-0.4, -0.2) is 62.5 Å². The number of morpholine rings is 1. The molecule has 21 heavy (non-hydrogen) atoms. The van der Waals surface area contributed by atoms with Crippen molar-refractivity contribution in [3.63, 3.8) is 0 Å². The molecule has 2 aliphatic rings. The van der Waals surface area contributed by atoms with E-state index in [1.54, 1.807) is 7.11 Å². The molecule has 1 aromatic rings. The maximum absolute atomic E-state index is 5.45. The maximum Gasteiger partial charge on any atom is 0.106 e. The maximum atomic E-state index is 5.45. The van der Waals surface area contributed by atoms with E-state index < -0.39 is 0 Å². The van der Waals surface area contributed by atoms with E-state index in [4.69, 9.17) is 14.5 Å². The third kappa shape index (κ3) is 3.74. The summed E-state index contributed by atoms with van der Waals surface area (Å²) in [6, 6.07) is 4.19. The van der Waals surface area contributed by atoms with Gasteiger partial charge in [-0.1, -0.05) is 0 Å². The first-order chi connectivity index (χ1) is 10.3. The summed E-state index contributed by atoms with van der Waals surface area (Å²) in [5.74, 6) is 0. The average molecular weight is 356 g/mol. The fraction of sp³-hybridized carbons (Fsp3) is 0.667. The van der Waals surface area contributed by atoms with Gasteiger partial charge in [-0.15, -0.1) is 0 Å². The van der Waals surface area contributed by atoms with Crippen LogP contribution in [0.25, 0.3) is 0 Å². The molecule has 0 aliphatic carbocycles. The van der Waals surface area contributed by atoms with E-state index in [0.717, 1.165) is 62.7 Å². The van der Waals surface area contributed by atoms with Gasteiger partial charge in [-0.25, -0.2) is 4.98 Å². The highest BCUT2D eigenvalue weighted by Gasteiger charge is 2.24. The number of methoxy groups -OCH3 is 1. The third-order valence-electron chi connectivity index (χ3n) is 4.20. The largest absolute Gasteiger partial charge is 0.380 e. The molecule has 0 unspecified atom stereocenters. The van der Waals surface area contributed by atoms with Crippen LogP contribution in [0.15, 0.2) is 16.7 Å². The normalized spacial score (nSPS) is 23.7. The van der Waals surface area contributed by atoms with Gasteiger partial charge in [0.15, 0.2) is 0 Å². The molecule has 3 rings (SSSR count). The van der Waals surface area contributed by atoms with E-state index in [0.29, 0.717) is 6.10 Å². The van der Waals surface area contributed by atoms with Crippen molar-refractivity contribution in [3.05, 3.63) is 22.4 Å². The minimum absolute atomic E-state index is 0.365. The van der Waals surface area contributed by atoms with E-state index in [1.165, 1.54) is 5.69 Å². The van der Waals surface area contributed by atoms with Crippen LogP contribution in [-0.2, 0) is 16.0 Å². The first-order valence-electron chi connectivity index (χ1n) is 7.49. The van der Waals surface area contributed by atoms with Crippen LogP contribution in [0, 0.1) is 0 Å². The van der Waals surface area contributed by atoms with Gasteiger partial charge in [0.2, 0.25) is 0 Å². The van der Waals surface area contributed by atoms with Crippen LogP contribution >= 0.6 is 15.9 Å². The van der Waals surface area contributed by atoms with Crippen LogP contribution in [0.4, 0.5) is 5.69 Å². The lowest BCUT2D eigenvalue weighted by molar-refractivity contribution is 0.107. The predicted octanol–water partition coefficient (Wildman–Crippen LogP) is 1.90. The molecule has 6 heteroatoms. The van der Waals surface area contributed by atoms with Gasteiger partial charge < -0.3 is 14.4 Å². The zero-order valence-corrected chi connectivity index (χ0v) is 14.0. The molecule has 1 aromatic heterocycles. The number of aromatic nitrogens is 1. The second-order valence-electron chi connectivity index (χ2n) is 5.58. The Morgan fingerprint density at radius 1 is 1.33 bits per heavy atom. The Labute approximate surface area is 134 Å². The topological polar surface area (TPSA) is 37.8 Å². The zero-order valence-electron chi connectivity index (χ0n) is 12.4. The van der Waals surface area contributed by atoms with Crippen molar-refractivity contribution in [2.24, 2.45) is 0 Å². The number of rotatable bonds is 4. The summed E-state index contributed by atoms with van der Waals surface area (Å²) in [6.07, 6.45) is 1.47. The number of ether oxygens (including phenoxy) is 2. The number of hydrogen-bond acceptors (Lipinski definition) is 5. The predicted molar refractivity (Wildman–Crippen MR) is 85.7 cm³/mol. The Morgan fingerprint density at radius 2 is 2.14 bits per heavy atom. The Morgan fingerprint density at radius 3 is 2.86 bits per heavy atom. The number of halogens is 1. The van der Waals surface area contributed by atoms with Gasteiger partial charge in [0.25, 0.3) is 0 Å². The van der Waals surface area contributed by atoms with Gasteiger partial charge in [-0.05, 0) is 34.5 Å². The van der Waals surface area contributed by atoms with Crippen molar-refractivity contribution in [2.75, 3.05) is 51.4 Å². The van der Waals surface area contributed by atoms with Crippen LogP contribution in [0.5, 0.6) is 0 Å². The Kier molecular flexibility index (Phi) is 5.11. The van der Waals surface area contributed by atoms with Crippen molar-refractivity contribution >= 4 is 21.6 Å². The smallest absolute Gasteiger partial charge is 0.106 e. The molecule has 2 aliphatic heterocycles. The first kappa shape index (κ1) is 15.2. The average Bonchev–Trinajstić information content (AvgIpc) is 2.96. The molecule has 116 valence electrons. The van der Waals surface area contributed by atoms with E-state index >= 15 is 0 Å². The summed E-state index contributed by atoms with van der Waals surface area (Å²) in [5, 5.41) is 0. The van der Waals surface area contributed by atoms with Crippen molar-refractivity contribution in [1.29, 1.82) is 0 Å². The fourth-order valence-corrected chi connectivity index (χ4v) is 3.37. The van der Waals surface area contributed by atoms with Gasteiger partial charge in [0.05, 0.1) is 30.7 Å². The number of likely N-dealkylation sites (tertiary alicyclic amines) is 1. The molecule has 0 aromatic carbocycles. The molecule has 5 nitrogen and oxygen atoms in total. The lowest BCUT2D eigenvalue weighted by Gasteiger charge is -2.31. The minimum atomic E-state index is 0.365. The van der Waals surface area contributed by atoms with Crippen molar-refractivity contribution < 1.29 is 9.47 Å². The van der Waals surface area contributed by atoms with Gasteiger partial charge in [0.1, 0.15) is 4.60 Å². The van der Waals surface area contributed by atoms with Crippen molar-refractivity contribution in [2.45, 2.75) is 19.1 Å². The summed E-state index contributed by atoms with van der Waals surface area (Å²) < 4.78 is 11.8. The molecule has 0 amide bonds. The molecule has 2 saturated heterocycles. The molecule has 1 atom stereocenters. The fourth-order valence-electron chi connectivity index (χ4n) is 3.02. The molecular weight excluding hydrogens is 334 g/mol. The second-order valence-corrected chi connectivity index (χ2v) is 6.39. The number of anilines is 1. The van der Waals surface area contributed by atoms with E-state index in [-0.39, 0.29) is 0 Å². The summed E-state index contributed by atoms with van der Waals surface area (Å²) >= 11 is 3.50. The van der Waals surface area contributed by atoms with E-state index in [1.807, 2.05) is 6.07 Å². The van der Waals surface area contributed by atoms with Gasteiger partial charge in [-0.3, -0.25) is 4.90 Å². The summed E-state index contributed by atoms with van der Waals surface area (Å²) in [6.45, 7) is 6.43. The quantitative estimate of drug-likeness (QED) is 0.771. The molecule has 0 bridgehead atoms. The number of nitrogens with zero attached hydrogens (tertiary/aromatic N) is 3. The number of pyridine rings is 1. The monoisotopic (exact) mass is 355 g/mol. The van der Waals surface area contributed by atoms with Gasteiger partial charge in [-0.2, -0.15) is 0 Å². The van der Waals surface area contributed by atoms with Crippen molar-refractivity contribution in [1.82, 2.24) is 9.88 Å². The Bertz CT molecular complexity index is 480. The van der Waals surface area contributed by atoms with E-state index in [9.17, 15) is 0 Å². The standard InChI is InChI=1S/C15H22BrN3O2/c1-20-12-4-5-18(10-12)11-13-14(2-3-15(16)17-13)19-6-8-21-9-7-19/h2-3,12H,4-11H2,1H3/t12-/m0/s1.